The SMILES string of the molecule is N#Cc1ccc(Cn2ccc(C(C(N)=O)c3ccc(OCC(F)(F)F)cc3)n2)cc1. The van der Waals surface area contributed by atoms with Gasteiger partial charge < -0.3 is 10.5 Å². The Balaban J connectivity index is 1.75. The van der Waals surface area contributed by atoms with Crippen molar-refractivity contribution in [2.45, 2.75) is 18.6 Å². The van der Waals surface area contributed by atoms with Crippen molar-refractivity contribution < 1.29 is 22.7 Å². The van der Waals surface area contributed by atoms with Crippen LogP contribution in [0, 0.1) is 11.3 Å². The van der Waals surface area contributed by atoms with Gasteiger partial charge in [0.15, 0.2) is 6.61 Å². The molecule has 0 spiro atoms. The number of rotatable bonds is 7. The van der Waals surface area contributed by atoms with Crippen LogP contribution in [0.25, 0.3) is 0 Å². The molecule has 1 atom stereocenters. The van der Waals surface area contributed by atoms with Gasteiger partial charge in [0.2, 0.25) is 5.91 Å². The molecule has 3 rings (SSSR count). The van der Waals surface area contributed by atoms with Crippen molar-refractivity contribution in [1.82, 2.24) is 9.78 Å². The Bertz CT molecular complexity index is 1050. The summed E-state index contributed by atoms with van der Waals surface area (Å²) >= 11 is 0. The highest BCUT2D eigenvalue weighted by Crippen LogP contribution is 2.26. The molecule has 2 N–H and O–H groups in total. The number of alkyl halides is 3. The molecule has 1 heterocycles. The molecule has 0 saturated carbocycles. The van der Waals surface area contributed by atoms with Crippen LogP contribution in [0.2, 0.25) is 0 Å². The molecule has 1 unspecified atom stereocenters. The highest BCUT2D eigenvalue weighted by atomic mass is 19.4. The van der Waals surface area contributed by atoms with Gasteiger partial charge in [-0.2, -0.15) is 23.5 Å². The summed E-state index contributed by atoms with van der Waals surface area (Å²) in [4.78, 5) is 12.0. The summed E-state index contributed by atoms with van der Waals surface area (Å²) < 4.78 is 43.1. The maximum absolute atomic E-state index is 12.3. The molecule has 0 aliphatic heterocycles. The molecule has 6 nitrogen and oxygen atoms in total. The molecule has 9 heteroatoms. The van der Waals surface area contributed by atoms with E-state index in [2.05, 4.69) is 9.84 Å². The van der Waals surface area contributed by atoms with Gasteiger partial charge in [-0.3, -0.25) is 9.48 Å². The molecule has 0 aliphatic rings. The van der Waals surface area contributed by atoms with Crippen molar-refractivity contribution in [3.8, 4) is 11.8 Å². The molecule has 0 aliphatic carbocycles. The summed E-state index contributed by atoms with van der Waals surface area (Å²) in [5.41, 5.74) is 7.93. The number of nitrogens with two attached hydrogens (primary N) is 1. The highest BCUT2D eigenvalue weighted by Gasteiger charge is 2.28. The van der Waals surface area contributed by atoms with Crippen LogP contribution in [0.3, 0.4) is 0 Å². The third-order valence-electron chi connectivity index (χ3n) is 4.29. The van der Waals surface area contributed by atoms with Crippen molar-refractivity contribution in [2.24, 2.45) is 5.73 Å². The fourth-order valence-electron chi connectivity index (χ4n) is 2.89. The monoisotopic (exact) mass is 414 g/mol. The van der Waals surface area contributed by atoms with Gasteiger partial charge in [0.25, 0.3) is 0 Å². The predicted molar refractivity (Wildman–Crippen MR) is 102 cm³/mol. The molecular formula is C21H17F3N4O2. The van der Waals surface area contributed by atoms with Crippen molar-refractivity contribution in [3.05, 3.63) is 83.2 Å². The second-order valence-electron chi connectivity index (χ2n) is 6.56. The van der Waals surface area contributed by atoms with Crippen LogP contribution in [0.5, 0.6) is 5.75 Å². The van der Waals surface area contributed by atoms with Crippen LogP contribution in [0.15, 0.2) is 60.8 Å². The number of aromatic nitrogens is 2. The Kier molecular flexibility index (Phi) is 6.06. The molecule has 1 amide bonds. The van der Waals surface area contributed by atoms with Gasteiger partial charge in [-0.25, -0.2) is 0 Å². The van der Waals surface area contributed by atoms with Gasteiger partial charge in [0, 0.05) is 6.20 Å². The van der Waals surface area contributed by atoms with E-state index in [0.29, 0.717) is 23.4 Å². The topological polar surface area (TPSA) is 93.9 Å². The average molecular weight is 414 g/mol. The largest absolute Gasteiger partial charge is 0.484 e. The molecule has 30 heavy (non-hydrogen) atoms. The average Bonchev–Trinajstić information content (AvgIpc) is 3.15. The third kappa shape index (κ3) is 5.38. The fourth-order valence-corrected chi connectivity index (χ4v) is 2.89. The molecule has 154 valence electrons. The second-order valence-corrected chi connectivity index (χ2v) is 6.56. The Morgan fingerprint density at radius 3 is 2.37 bits per heavy atom. The molecule has 2 aromatic carbocycles. The first kappa shape index (κ1) is 20.9. The lowest BCUT2D eigenvalue weighted by Crippen LogP contribution is -2.23. The molecule has 0 bridgehead atoms. The van der Waals surface area contributed by atoms with Crippen molar-refractivity contribution in [1.29, 1.82) is 5.26 Å². The summed E-state index contributed by atoms with van der Waals surface area (Å²) in [5, 5.41) is 13.3. The normalized spacial score (nSPS) is 12.2. The highest BCUT2D eigenvalue weighted by molar-refractivity contribution is 5.85. The van der Waals surface area contributed by atoms with Crippen LogP contribution < -0.4 is 10.5 Å². The van der Waals surface area contributed by atoms with Crippen LogP contribution in [-0.4, -0.2) is 28.5 Å². The minimum Gasteiger partial charge on any atom is -0.484 e. The first-order valence-electron chi connectivity index (χ1n) is 8.86. The van der Waals surface area contributed by atoms with Crippen molar-refractivity contribution in [2.75, 3.05) is 6.61 Å². The van der Waals surface area contributed by atoms with E-state index in [0.717, 1.165) is 5.56 Å². The van der Waals surface area contributed by atoms with E-state index in [9.17, 15) is 18.0 Å². The first-order chi connectivity index (χ1) is 14.2. The second kappa shape index (κ2) is 8.69. The van der Waals surface area contributed by atoms with Gasteiger partial charge in [-0.05, 0) is 41.5 Å². The van der Waals surface area contributed by atoms with Gasteiger partial charge >= 0.3 is 6.18 Å². The van der Waals surface area contributed by atoms with E-state index in [-0.39, 0.29) is 5.75 Å². The van der Waals surface area contributed by atoms with Crippen LogP contribution in [0.4, 0.5) is 13.2 Å². The van der Waals surface area contributed by atoms with Gasteiger partial charge in [0.1, 0.15) is 11.7 Å². The summed E-state index contributed by atoms with van der Waals surface area (Å²) in [5.74, 6) is -1.46. The number of halogens is 3. The minimum atomic E-state index is -4.43. The molecule has 3 aromatic rings. The Morgan fingerprint density at radius 1 is 1.13 bits per heavy atom. The Morgan fingerprint density at radius 2 is 1.80 bits per heavy atom. The molecular weight excluding hydrogens is 397 g/mol. The summed E-state index contributed by atoms with van der Waals surface area (Å²) in [6.07, 6.45) is -2.74. The lowest BCUT2D eigenvalue weighted by Gasteiger charge is -2.13. The summed E-state index contributed by atoms with van der Waals surface area (Å²) in [7, 11) is 0. The molecule has 0 saturated heterocycles. The van der Waals surface area contributed by atoms with Crippen LogP contribution >= 0.6 is 0 Å². The quantitative estimate of drug-likeness (QED) is 0.642. The van der Waals surface area contributed by atoms with E-state index in [1.807, 2.05) is 18.2 Å². The van der Waals surface area contributed by atoms with E-state index < -0.39 is 24.6 Å². The summed E-state index contributed by atoms with van der Waals surface area (Å²) in [6.45, 7) is -0.966. The zero-order valence-electron chi connectivity index (χ0n) is 15.6. The number of carbonyl (C=O) groups is 1. The van der Waals surface area contributed by atoms with Gasteiger partial charge in [0.05, 0.1) is 23.9 Å². The number of ether oxygens (including phenoxy) is 1. The van der Waals surface area contributed by atoms with E-state index in [1.54, 1.807) is 29.1 Å². The number of benzene rings is 2. The third-order valence-corrected chi connectivity index (χ3v) is 4.29. The lowest BCUT2D eigenvalue weighted by atomic mass is 9.95. The smallest absolute Gasteiger partial charge is 0.422 e. The van der Waals surface area contributed by atoms with Gasteiger partial charge in [-0.1, -0.05) is 24.3 Å². The van der Waals surface area contributed by atoms with E-state index >= 15 is 0 Å². The summed E-state index contributed by atoms with van der Waals surface area (Å²) in [6, 6.07) is 16.4. The number of carbonyl (C=O) groups excluding carboxylic acids is 1. The van der Waals surface area contributed by atoms with Crippen molar-refractivity contribution >= 4 is 5.91 Å². The Hall–Kier alpha value is -3.80. The number of amides is 1. The zero-order valence-corrected chi connectivity index (χ0v) is 15.6. The Labute approximate surface area is 170 Å². The fraction of sp³-hybridized carbons (Fsp3) is 0.190. The first-order valence-corrected chi connectivity index (χ1v) is 8.86. The standard InChI is InChI=1S/C21H17F3N4O2/c22-21(23,24)13-30-17-7-5-16(6-8-17)19(20(26)29)18-9-10-28(27-18)12-15-3-1-14(11-25)2-4-15/h1-10,19H,12-13H2,(H2,26,29). The maximum Gasteiger partial charge on any atom is 0.422 e. The number of primary amides is 1. The number of hydrogen-bond donors (Lipinski definition) is 1. The number of hydrogen-bond acceptors (Lipinski definition) is 4. The molecule has 0 radical (unpaired) electrons. The number of nitrogens with zero attached hydrogens (tertiary/aromatic N) is 3. The van der Waals surface area contributed by atoms with E-state index in [1.165, 1.54) is 24.3 Å². The number of nitriles is 1. The van der Waals surface area contributed by atoms with Gasteiger partial charge in [-0.15, -0.1) is 0 Å². The lowest BCUT2D eigenvalue weighted by molar-refractivity contribution is -0.153. The zero-order chi connectivity index (χ0) is 21.7. The van der Waals surface area contributed by atoms with E-state index in [4.69, 9.17) is 11.0 Å². The molecule has 0 fully saturated rings. The van der Waals surface area contributed by atoms with Crippen LogP contribution in [0.1, 0.15) is 28.3 Å². The maximum atomic E-state index is 12.3. The van der Waals surface area contributed by atoms with Crippen LogP contribution in [-0.2, 0) is 11.3 Å². The van der Waals surface area contributed by atoms with Crippen molar-refractivity contribution in [3.63, 3.8) is 0 Å². The minimum absolute atomic E-state index is 0.0330. The predicted octanol–water partition coefficient (Wildman–Crippen LogP) is 3.36. The molecule has 1 aromatic heterocycles.